The molecule has 108 valence electrons. The Morgan fingerprint density at radius 1 is 1.20 bits per heavy atom. The fourth-order valence-electron chi connectivity index (χ4n) is 1.89. The molecule has 4 heteroatoms. The highest BCUT2D eigenvalue weighted by molar-refractivity contribution is 5.31. The summed E-state index contributed by atoms with van der Waals surface area (Å²) in [6.45, 7) is 9.25. The van der Waals surface area contributed by atoms with Gasteiger partial charge in [-0.15, -0.1) is 0 Å². The van der Waals surface area contributed by atoms with Crippen LogP contribution >= 0.6 is 0 Å². The second-order valence-corrected chi connectivity index (χ2v) is 5.30. The molecule has 0 spiro atoms. The molecular formula is C16H23N3O. The van der Waals surface area contributed by atoms with E-state index in [0.29, 0.717) is 5.92 Å². The Labute approximate surface area is 120 Å². The van der Waals surface area contributed by atoms with Crippen LogP contribution in [0.25, 0.3) is 0 Å². The van der Waals surface area contributed by atoms with Crippen molar-refractivity contribution in [1.82, 2.24) is 15.1 Å². The number of hydrogen-bond acceptors (Lipinski definition) is 3. The molecule has 0 unspecified atom stereocenters. The van der Waals surface area contributed by atoms with E-state index in [4.69, 9.17) is 4.74 Å². The second kappa shape index (κ2) is 7.10. The fraction of sp³-hybridized carbons (Fsp3) is 0.438. The minimum absolute atomic E-state index is 0.674. The number of nitrogens with one attached hydrogen (secondary N) is 1. The number of benzene rings is 1. The summed E-state index contributed by atoms with van der Waals surface area (Å²) >= 11 is 0. The van der Waals surface area contributed by atoms with Crippen LogP contribution in [0.3, 0.4) is 0 Å². The molecule has 2 rings (SSSR count). The van der Waals surface area contributed by atoms with Gasteiger partial charge in [0.2, 0.25) is 0 Å². The molecule has 4 nitrogen and oxygen atoms in total. The van der Waals surface area contributed by atoms with Gasteiger partial charge in [-0.1, -0.05) is 26.0 Å². The van der Waals surface area contributed by atoms with Gasteiger partial charge >= 0.3 is 0 Å². The first-order chi connectivity index (χ1) is 9.67. The predicted molar refractivity (Wildman–Crippen MR) is 81.0 cm³/mol. The van der Waals surface area contributed by atoms with Gasteiger partial charge in [-0.25, -0.2) is 0 Å². The van der Waals surface area contributed by atoms with Crippen LogP contribution in [0.1, 0.15) is 26.3 Å². The summed E-state index contributed by atoms with van der Waals surface area (Å²) < 4.78 is 7.60. The summed E-state index contributed by atoms with van der Waals surface area (Å²) in [4.78, 5) is 0. The molecule has 0 aliphatic carbocycles. The Kier molecular flexibility index (Phi) is 5.18. The average Bonchev–Trinajstić information content (AvgIpc) is 2.88. The number of aryl methyl sites for hydroxylation is 1. The largest absolute Gasteiger partial charge is 0.454 e. The van der Waals surface area contributed by atoms with E-state index in [1.165, 1.54) is 5.56 Å². The van der Waals surface area contributed by atoms with Crippen molar-refractivity contribution in [3.8, 4) is 11.5 Å². The predicted octanol–water partition coefficient (Wildman–Crippen LogP) is 3.44. The number of ether oxygens (including phenoxy) is 1. The topological polar surface area (TPSA) is 39.1 Å². The van der Waals surface area contributed by atoms with Crippen molar-refractivity contribution in [3.05, 3.63) is 42.2 Å². The number of rotatable bonds is 7. The Hall–Kier alpha value is -1.81. The minimum atomic E-state index is 0.674. The summed E-state index contributed by atoms with van der Waals surface area (Å²) in [7, 11) is 0. The van der Waals surface area contributed by atoms with E-state index in [9.17, 15) is 0 Å². The molecule has 0 amide bonds. The van der Waals surface area contributed by atoms with Gasteiger partial charge in [0.1, 0.15) is 5.75 Å². The van der Waals surface area contributed by atoms with Crippen molar-refractivity contribution in [1.29, 1.82) is 0 Å². The first kappa shape index (κ1) is 14.6. The molecule has 0 bridgehead atoms. The van der Waals surface area contributed by atoms with Crippen LogP contribution in [0, 0.1) is 5.92 Å². The molecule has 1 heterocycles. The average molecular weight is 273 g/mol. The molecule has 0 radical (unpaired) electrons. The monoisotopic (exact) mass is 273 g/mol. The zero-order valence-corrected chi connectivity index (χ0v) is 12.5. The smallest absolute Gasteiger partial charge is 0.165 e. The van der Waals surface area contributed by atoms with Gasteiger partial charge in [0.15, 0.2) is 5.75 Å². The molecular weight excluding hydrogens is 250 g/mol. The molecule has 0 fully saturated rings. The summed E-state index contributed by atoms with van der Waals surface area (Å²) in [6.07, 6.45) is 3.64. The first-order valence-corrected chi connectivity index (χ1v) is 7.17. The quantitative estimate of drug-likeness (QED) is 0.840. The highest BCUT2D eigenvalue weighted by Gasteiger charge is 2.01. The molecule has 0 saturated heterocycles. The fourth-order valence-corrected chi connectivity index (χ4v) is 1.89. The Bertz CT molecular complexity index is 517. The third-order valence-corrected chi connectivity index (χ3v) is 2.97. The van der Waals surface area contributed by atoms with E-state index in [0.717, 1.165) is 31.1 Å². The Morgan fingerprint density at radius 3 is 2.55 bits per heavy atom. The van der Waals surface area contributed by atoms with Crippen molar-refractivity contribution in [2.75, 3.05) is 6.54 Å². The molecule has 1 aromatic carbocycles. The van der Waals surface area contributed by atoms with Gasteiger partial charge in [0, 0.05) is 13.1 Å². The van der Waals surface area contributed by atoms with Crippen LogP contribution < -0.4 is 10.1 Å². The maximum atomic E-state index is 5.75. The third kappa shape index (κ3) is 4.38. The van der Waals surface area contributed by atoms with Crippen LogP contribution in [-0.2, 0) is 13.1 Å². The molecule has 0 aliphatic heterocycles. The normalized spacial score (nSPS) is 11.0. The van der Waals surface area contributed by atoms with Crippen molar-refractivity contribution in [2.45, 2.75) is 33.9 Å². The zero-order chi connectivity index (χ0) is 14.4. The van der Waals surface area contributed by atoms with E-state index in [1.54, 1.807) is 6.20 Å². The molecule has 0 saturated carbocycles. The lowest BCUT2D eigenvalue weighted by molar-refractivity contribution is 0.480. The van der Waals surface area contributed by atoms with Gasteiger partial charge in [-0.2, -0.15) is 5.10 Å². The van der Waals surface area contributed by atoms with Crippen LogP contribution in [0.2, 0.25) is 0 Å². The molecule has 20 heavy (non-hydrogen) atoms. The number of nitrogens with zero attached hydrogens (tertiary/aromatic N) is 2. The van der Waals surface area contributed by atoms with Crippen molar-refractivity contribution in [2.24, 2.45) is 5.92 Å². The van der Waals surface area contributed by atoms with Gasteiger partial charge < -0.3 is 10.1 Å². The summed E-state index contributed by atoms with van der Waals surface area (Å²) in [5.74, 6) is 2.29. The second-order valence-electron chi connectivity index (χ2n) is 5.30. The lowest BCUT2D eigenvalue weighted by atomic mass is 10.2. The van der Waals surface area contributed by atoms with Gasteiger partial charge in [0.05, 0.1) is 12.4 Å². The number of hydrogen-bond donors (Lipinski definition) is 1. The zero-order valence-electron chi connectivity index (χ0n) is 12.5. The molecule has 0 aliphatic rings. The molecule has 0 atom stereocenters. The van der Waals surface area contributed by atoms with Gasteiger partial charge in [-0.05, 0) is 37.1 Å². The van der Waals surface area contributed by atoms with Crippen molar-refractivity contribution < 1.29 is 4.74 Å². The highest BCUT2D eigenvalue weighted by atomic mass is 16.5. The van der Waals surface area contributed by atoms with E-state index in [-0.39, 0.29) is 0 Å². The standard InChI is InChI=1S/C16H23N3O/c1-4-19-12-16(11-18-19)20-15-7-5-14(6-8-15)10-17-9-13(2)3/h5-8,11-13,17H,4,9-10H2,1-3H3. The molecule has 2 aromatic rings. The summed E-state index contributed by atoms with van der Waals surface area (Å²) in [5, 5.41) is 7.61. The van der Waals surface area contributed by atoms with Gasteiger partial charge in [-0.3, -0.25) is 4.68 Å². The maximum absolute atomic E-state index is 5.75. The highest BCUT2D eigenvalue weighted by Crippen LogP contribution is 2.20. The van der Waals surface area contributed by atoms with Crippen LogP contribution in [0.5, 0.6) is 11.5 Å². The summed E-state index contributed by atoms with van der Waals surface area (Å²) in [5.41, 5.74) is 1.27. The summed E-state index contributed by atoms with van der Waals surface area (Å²) in [6, 6.07) is 8.17. The van der Waals surface area contributed by atoms with Crippen molar-refractivity contribution >= 4 is 0 Å². The first-order valence-electron chi connectivity index (χ1n) is 7.17. The SMILES string of the molecule is CCn1cc(Oc2ccc(CNCC(C)C)cc2)cn1. The lowest BCUT2D eigenvalue weighted by Crippen LogP contribution is -2.18. The molecule has 1 N–H and O–H groups in total. The minimum Gasteiger partial charge on any atom is -0.454 e. The van der Waals surface area contributed by atoms with Crippen LogP contribution in [0.4, 0.5) is 0 Å². The molecule has 1 aromatic heterocycles. The Morgan fingerprint density at radius 2 is 1.95 bits per heavy atom. The third-order valence-electron chi connectivity index (χ3n) is 2.97. The lowest BCUT2D eigenvalue weighted by Gasteiger charge is -2.08. The van der Waals surface area contributed by atoms with E-state index in [2.05, 4.69) is 43.3 Å². The van der Waals surface area contributed by atoms with E-state index < -0.39 is 0 Å². The van der Waals surface area contributed by atoms with Crippen LogP contribution in [-0.4, -0.2) is 16.3 Å². The Balaban J connectivity index is 1.87. The van der Waals surface area contributed by atoms with Gasteiger partial charge in [0.25, 0.3) is 0 Å². The van der Waals surface area contributed by atoms with E-state index >= 15 is 0 Å². The maximum Gasteiger partial charge on any atom is 0.165 e. The van der Waals surface area contributed by atoms with Crippen LogP contribution in [0.15, 0.2) is 36.7 Å². The van der Waals surface area contributed by atoms with Crippen molar-refractivity contribution in [3.63, 3.8) is 0 Å². The van der Waals surface area contributed by atoms with E-state index in [1.807, 2.05) is 23.0 Å². The number of aromatic nitrogens is 2.